The molecule has 0 unspecified atom stereocenters. The quantitative estimate of drug-likeness (QED) is 0.876. The number of fused-ring (bicyclic) bond motifs is 1. The Labute approximate surface area is 124 Å². The standard InChI is InChI=1S/C16H22N4O/c1-12-19-13-5-2-3-6-14(13)20(12)10-9-18-15(21)16(11-17)7-4-8-16/h2-3,5-6H,4,7-11,17H2,1H3,(H,18,21). The van der Waals surface area contributed by atoms with E-state index in [2.05, 4.69) is 20.9 Å². The lowest BCUT2D eigenvalue weighted by atomic mass is 9.68. The molecule has 0 radical (unpaired) electrons. The van der Waals surface area contributed by atoms with Gasteiger partial charge in [-0.3, -0.25) is 4.79 Å². The van der Waals surface area contributed by atoms with E-state index < -0.39 is 0 Å². The number of benzene rings is 1. The Morgan fingerprint density at radius 1 is 1.43 bits per heavy atom. The maximum absolute atomic E-state index is 12.2. The number of nitrogens with one attached hydrogen (secondary N) is 1. The maximum atomic E-state index is 12.2. The smallest absolute Gasteiger partial charge is 0.227 e. The van der Waals surface area contributed by atoms with Crippen molar-refractivity contribution in [2.75, 3.05) is 13.1 Å². The summed E-state index contributed by atoms with van der Waals surface area (Å²) in [6.07, 6.45) is 2.95. The van der Waals surface area contributed by atoms with Crippen molar-refractivity contribution < 1.29 is 4.79 Å². The van der Waals surface area contributed by atoms with Crippen LogP contribution >= 0.6 is 0 Å². The Balaban J connectivity index is 1.65. The van der Waals surface area contributed by atoms with Crippen LogP contribution in [0.5, 0.6) is 0 Å². The number of aromatic nitrogens is 2. The molecule has 5 heteroatoms. The average Bonchev–Trinajstić information content (AvgIpc) is 2.75. The summed E-state index contributed by atoms with van der Waals surface area (Å²) in [5.74, 6) is 1.08. The van der Waals surface area contributed by atoms with Crippen LogP contribution in [0.4, 0.5) is 0 Å². The third kappa shape index (κ3) is 2.42. The summed E-state index contributed by atoms with van der Waals surface area (Å²) in [6, 6.07) is 8.07. The molecule has 0 spiro atoms. The number of carbonyl (C=O) groups excluding carboxylic acids is 1. The van der Waals surface area contributed by atoms with Gasteiger partial charge in [-0.2, -0.15) is 0 Å². The van der Waals surface area contributed by atoms with Gasteiger partial charge in [-0.1, -0.05) is 18.6 Å². The van der Waals surface area contributed by atoms with Gasteiger partial charge in [-0.25, -0.2) is 4.98 Å². The van der Waals surface area contributed by atoms with Crippen molar-refractivity contribution in [3.8, 4) is 0 Å². The third-order valence-corrected chi connectivity index (χ3v) is 4.65. The summed E-state index contributed by atoms with van der Waals surface area (Å²) in [5.41, 5.74) is 7.57. The molecule has 1 aliphatic carbocycles. The molecule has 0 bridgehead atoms. The van der Waals surface area contributed by atoms with E-state index in [0.717, 1.165) is 42.7 Å². The highest BCUT2D eigenvalue weighted by atomic mass is 16.2. The van der Waals surface area contributed by atoms with Crippen LogP contribution in [-0.4, -0.2) is 28.5 Å². The molecule has 1 aromatic carbocycles. The van der Waals surface area contributed by atoms with E-state index in [1.807, 2.05) is 25.1 Å². The Morgan fingerprint density at radius 2 is 2.19 bits per heavy atom. The van der Waals surface area contributed by atoms with Gasteiger partial charge in [-0.05, 0) is 31.9 Å². The number of hydrogen-bond donors (Lipinski definition) is 2. The molecule has 0 saturated heterocycles. The van der Waals surface area contributed by atoms with Gasteiger partial charge < -0.3 is 15.6 Å². The van der Waals surface area contributed by atoms with E-state index >= 15 is 0 Å². The minimum absolute atomic E-state index is 0.110. The van der Waals surface area contributed by atoms with Crippen molar-refractivity contribution in [3.63, 3.8) is 0 Å². The van der Waals surface area contributed by atoms with Crippen LogP contribution in [0.3, 0.4) is 0 Å². The van der Waals surface area contributed by atoms with Gasteiger partial charge in [0.05, 0.1) is 16.4 Å². The Hall–Kier alpha value is -1.88. The monoisotopic (exact) mass is 286 g/mol. The Bertz CT molecular complexity index is 652. The lowest BCUT2D eigenvalue weighted by Gasteiger charge is -2.39. The summed E-state index contributed by atoms with van der Waals surface area (Å²) in [5, 5.41) is 3.04. The SMILES string of the molecule is Cc1nc2ccccc2n1CCNC(=O)C1(CN)CCC1. The number of carbonyl (C=O) groups is 1. The third-order valence-electron chi connectivity index (χ3n) is 4.65. The van der Waals surface area contributed by atoms with Crippen LogP contribution in [0.25, 0.3) is 11.0 Å². The first-order chi connectivity index (χ1) is 10.2. The average molecular weight is 286 g/mol. The molecule has 1 fully saturated rings. The summed E-state index contributed by atoms with van der Waals surface area (Å²) in [4.78, 5) is 16.8. The summed E-state index contributed by atoms with van der Waals surface area (Å²) in [6.45, 7) is 3.79. The fourth-order valence-corrected chi connectivity index (χ4v) is 3.07. The highest BCUT2D eigenvalue weighted by molar-refractivity contribution is 5.83. The predicted molar refractivity (Wildman–Crippen MR) is 82.8 cm³/mol. The summed E-state index contributed by atoms with van der Waals surface area (Å²) >= 11 is 0. The molecule has 1 heterocycles. The van der Waals surface area contributed by atoms with Gasteiger partial charge in [0.25, 0.3) is 0 Å². The number of para-hydroxylation sites is 2. The highest BCUT2D eigenvalue weighted by Crippen LogP contribution is 2.39. The molecule has 1 aliphatic rings. The van der Waals surface area contributed by atoms with E-state index in [4.69, 9.17) is 5.73 Å². The first-order valence-corrected chi connectivity index (χ1v) is 7.56. The number of imidazole rings is 1. The van der Waals surface area contributed by atoms with E-state index in [9.17, 15) is 4.79 Å². The molecule has 1 amide bonds. The normalized spacial score (nSPS) is 16.7. The molecular formula is C16H22N4O. The molecule has 2 aromatic rings. The molecule has 3 rings (SSSR count). The minimum Gasteiger partial charge on any atom is -0.354 e. The van der Waals surface area contributed by atoms with Gasteiger partial charge in [0, 0.05) is 19.6 Å². The van der Waals surface area contributed by atoms with Gasteiger partial charge in [-0.15, -0.1) is 0 Å². The van der Waals surface area contributed by atoms with Crippen LogP contribution in [0.15, 0.2) is 24.3 Å². The number of rotatable bonds is 5. The zero-order chi connectivity index (χ0) is 14.9. The second-order valence-electron chi connectivity index (χ2n) is 5.89. The summed E-state index contributed by atoms with van der Waals surface area (Å²) < 4.78 is 2.14. The molecule has 0 atom stereocenters. The van der Waals surface area contributed by atoms with Crippen molar-refractivity contribution in [2.45, 2.75) is 32.7 Å². The highest BCUT2D eigenvalue weighted by Gasteiger charge is 2.42. The van der Waals surface area contributed by atoms with Crippen molar-refractivity contribution in [1.29, 1.82) is 0 Å². The number of hydrogen-bond acceptors (Lipinski definition) is 3. The van der Waals surface area contributed by atoms with Gasteiger partial charge in [0.2, 0.25) is 5.91 Å². The number of amides is 1. The molecule has 1 aromatic heterocycles. The van der Waals surface area contributed by atoms with Crippen LogP contribution in [0.2, 0.25) is 0 Å². The van der Waals surface area contributed by atoms with Crippen LogP contribution in [0.1, 0.15) is 25.1 Å². The second kappa shape index (κ2) is 5.48. The van der Waals surface area contributed by atoms with E-state index in [-0.39, 0.29) is 11.3 Å². The summed E-state index contributed by atoms with van der Waals surface area (Å²) in [7, 11) is 0. The number of nitrogens with zero attached hydrogens (tertiary/aromatic N) is 2. The van der Waals surface area contributed by atoms with Crippen molar-refractivity contribution in [2.24, 2.45) is 11.1 Å². The molecule has 21 heavy (non-hydrogen) atoms. The molecule has 3 N–H and O–H groups in total. The van der Waals surface area contributed by atoms with Crippen LogP contribution in [-0.2, 0) is 11.3 Å². The van der Waals surface area contributed by atoms with Gasteiger partial charge >= 0.3 is 0 Å². The van der Waals surface area contributed by atoms with Gasteiger partial charge in [0.15, 0.2) is 0 Å². The first kappa shape index (κ1) is 14.1. The Morgan fingerprint density at radius 3 is 2.86 bits per heavy atom. The zero-order valence-electron chi connectivity index (χ0n) is 12.4. The molecule has 5 nitrogen and oxygen atoms in total. The largest absolute Gasteiger partial charge is 0.354 e. The topological polar surface area (TPSA) is 72.9 Å². The Kier molecular flexibility index (Phi) is 3.68. The maximum Gasteiger partial charge on any atom is 0.227 e. The number of aryl methyl sites for hydroxylation is 1. The first-order valence-electron chi connectivity index (χ1n) is 7.56. The van der Waals surface area contributed by atoms with Crippen LogP contribution < -0.4 is 11.1 Å². The lowest BCUT2D eigenvalue weighted by Crippen LogP contribution is -2.50. The van der Waals surface area contributed by atoms with E-state index in [0.29, 0.717) is 13.1 Å². The predicted octanol–water partition coefficient (Wildman–Crippen LogP) is 1.59. The molecule has 112 valence electrons. The van der Waals surface area contributed by atoms with Crippen molar-refractivity contribution in [3.05, 3.63) is 30.1 Å². The molecule has 1 saturated carbocycles. The fourth-order valence-electron chi connectivity index (χ4n) is 3.07. The van der Waals surface area contributed by atoms with E-state index in [1.165, 1.54) is 0 Å². The van der Waals surface area contributed by atoms with E-state index in [1.54, 1.807) is 0 Å². The zero-order valence-corrected chi connectivity index (χ0v) is 12.4. The van der Waals surface area contributed by atoms with Gasteiger partial charge in [0.1, 0.15) is 5.82 Å². The second-order valence-corrected chi connectivity index (χ2v) is 5.89. The lowest BCUT2D eigenvalue weighted by molar-refractivity contribution is -0.135. The minimum atomic E-state index is -0.300. The molecule has 0 aliphatic heterocycles. The number of nitrogens with two attached hydrogens (primary N) is 1. The molecular weight excluding hydrogens is 264 g/mol. The fraction of sp³-hybridized carbons (Fsp3) is 0.500. The van der Waals surface area contributed by atoms with Crippen LogP contribution in [0, 0.1) is 12.3 Å². The van der Waals surface area contributed by atoms with Crippen molar-refractivity contribution >= 4 is 16.9 Å². The van der Waals surface area contributed by atoms with Crippen molar-refractivity contribution in [1.82, 2.24) is 14.9 Å².